The lowest BCUT2D eigenvalue weighted by molar-refractivity contribution is -0.137. The van der Waals surface area contributed by atoms with Crippen molar-refractivity contribution in [3.63, 3.8) is 0 Å². The van der Waals surface area contributed by atoms with Gasteiger partial charge in [0.25, 0.3) is 0 Å². The van der Waals surface area contributed by atoms with Gasteiger partial charge in [-0.05, 0) is 25.1 Å². The first kappa shape index (κ1) is 15.4. The molecule has 0 aliphatic heterocycles. The highest BCUT2D eigenvalue weighted by molar-refractivity contribution is 7.87. The van der Waals surface area contributed by atoms with Crippen LogP contribution in [-0.4, -0.2) is 28.2 Å². The molecule has 20 heavy (non-hydrogen) atoms. The zero-order chi connectivity index (χ0) is 14.8. The van der Waals surface area contributed by atoms with E-state index in [9.17, 15) is 17.4 Å². The molecule has 2 aromatic rings. The largest absolute Gasteiger partial charge is 0.416 e. The topological polar surface area (TPSA) is 39.2 Å². The first-order valence-electron chi connectivity index (χ1n) is 5.85. The van der Waals surface area contributed by atoms with Crippen LogP contribution in [0.1, 0.15) is 12.5 Å². The fourth-order valence-electron chi connectivity index (χ4n) is 1.55. The number of aromatic nitrogens is 1. The van der Waals surface area contributed by atoms with Crippen LogP contribution < -0.4 is 0 Å². The standard InChI is InChI=1S/C12H12F3NO2S2/c1-2-18-5-6-20(17)11-16-9-7-8(12(13,14)15)3-4-10(9)19-11/h3-4,7H,2,5-6H2,1H3. The molecule has 0 spiro atoms. The number of hydrogen-bond acceptors (Lipinski definition) is 4. The fourth-order valence-corrected chi connectivity index (χ4v) is 3.76. The van der Waals surface area contributed by atoms with Crippen molar-refractivity contribution in [2.24, 2.45) is 0 Å². The van der Waals surface area contributed by atoms with Crippen LogP contribution >= 0.6 is 11.3 Å². The Morgan fingerprint density at radius 3 is 2.80 bits per heavy atom. The molecular formula is C12H12F3NO2S2. The van der Waals surface area contributed by atoms with Gasteiger partial charge in [0, 0.05) is 6.61 Å². The lowest BCUT2D eigenvalue weighted by Gasteiger charge is -2.04. The first-order valence-corrected chi connectivity index (χ1v) is 7.99. The van der Waals surface area contributed by atoms with Crippen LogP contribution in [-0.2, 0) is 21.7 Å². The second kappa shape index (κ2) is 6.19. The third-order valence-electron chi connectivity index (χ3n) is 2.51. The van der Waals surface area contributed by atoms with Crippen molar-refractivity contribution >= 4 is 32.4 Å². The van der Waals surface area contributed by atoms with Crippen molar-refractivity contribution < 1.29 is 22.1 Å². The zero-order valence-corrected chi connectivity index (χ0v) is 12.2. The summed E-state index contributed by atoms with van der Waals surface area (Å²) in [4.78, 5) is 4.03. The molecule has 0 saturated carbocycles. The van der Waals surface area contributed by atoms with Crippen molar-refractivity contribution in [2.75, 3.05) is 19.0 Å². The molecule has 0 aliphatic rings. The van der Waals surface area contributed by atoms with Crippen LogP contribution in [0.3, 0.4) is 0 Å². The van der Waals surface area contributed by atoms with Crippen LogP contribution in [0.2, 0.25) is 0 Å². The van der Waals surface area contributed by atoms with Crippen LogP contribution in [0.4, 0.5) is 13.2 Å². The maximum Gasteiger partial charge on any atom is 0.416 e. The summed E-state index contributed by atoms with van der Waals surface area (Å²) in [5, 5.41) is 0. The Balaban J connectivity index is 2.23. The van der Waals surface area contributed by atoms with Gasteiger partial charge in [-0.15, -0.1) is 11.3 Å². The number of alkyl halides is 3. The normalized spacial score (nSPS) is 13.8. The molecule has 1 heterocycles. The number of benzene rings is 1. The molecule has 1 unspecified atom stereocenters. The Morgan fingerprint density at radius 1 is 1.40 bits per heavy atom. The lowest BCUT2D eigenvalue weighted by atomic mass is 10.2. The molecule has 0 N–H and O–H groups in total. The Morgan fingerprint density at radius 2 is 2.15 bits per heavy atom. The third kappa shape index (κ3) is 3.56. The van der Waals surface area contributed by atoms with E-state index in [0.717, 1.165) is 23.5 Å². The summed E-state index contributed by atoms with van der Waals surface area (Å²) in [7, 11) is -1.34. The number of halogens is 3. The number of fused-ring (bicyclic) bond motifs is 1. The van der Waals surface area contributed by atoms with E-state index in [1.54, 1.807) is 0 Å². The van der Waals surface area contributed by atoms with E-state index in [1.807, 2.05) is 6.92 Å². The lowest BCUT2D eigenvalue weighted by Crippen LogP contribution is -2.06. The summed E-state index contributed by atoms with van der Waals surface area (Å²) in [5.74, 6) is 0.291. The van der Waals surface area contributed by atoms with Gasteiger partial charge in [-0.1, -0.05) is 0 Å². The molecule has 0 aliphatic carbocycles. The third-order valence-corrected chi connectivity index (χ3v) is 5.16. The van der Waals surface area contributed by atoms with Crippen LogP contribution in [0.5, 0.6) is 0 Å². The number of ether oxygens (including phenoxy) is 1. The van der Waals surface area contributed by atoms with E-state index in [4.69, 9.17) is 4.74 Å². The Hall–Kier alpha value is -0.990. The van der Waals surface area contributed by atoms with E-state index in [2.05, 4.69) is 4.98 Å². The van der Waals surface area contributed by atoms with E-state index < -0.39 is 22.5 Å². The van der Waals surface area contributed by atoms with Crippen molar-refractivity contribution in [3.05, 3.63) is 23.8 Å². The van der Waals surface area contributed by atoms with E-state index >= 15 is 0 Å². The van der Waals surface area contributed by atoms with Gasteiger partial charge >= 0.3 is 6.18 Å². The van der Waals surface area contributed by atoms with Crippen molar-refractivity contribution in [1.82, 2.24) is 4.98 Å². The van der Waals surface area contributed by atoms with Crippen LogP contribution in [0.15, 0.2) is 22.5 Å². The molecule has 0 bridgehead atoms. The smallest absolute Gasteiger partial charge is 0.381 e. The van der Waals surface area contributed by atoms with Gasteiger partial charge in [-0.25, -0.2) is 4.98 Å². The Kier molecular flexibility index (Phi) is 4.77. The van der Waals surface area contributed by atoms with Crippen molar-refractivity contribution in [3.8, 4) is 0 Å². The quantitative estimate of drug-likeness (QED) is 0.791. The maximum atomic E-state index is 12.6. The number of nitrogens with zero attached hydrogens (tertiary/aromatic N) is 1. The minimum absolute atomic E-state index is 0.226. The number of thiazole rings is 1. The van der Waals surface area contributed by atoms with Gasteiger partial charge in [-0.2, -0.15) is 13.2 Å². The minimum atomic E-state index is -4.40. The molecule has 1 atom stereocenters. The van der Waals surface area contributed by atoms with Crippen LogP contribution in [0, 0.1) is 0 Å². The van der Waals surface area contributed by atoms with E-state index in [1.165, 1.54) is 6.07 Å². The molecule has 0 saturated heterocycles. The van der Waals surface area contributed by atoms with Crippen molar-refractivity contribution in [1.29, 1.82) is 0 Å². The average molecular weight is 323 g/mol. The number of rotatable bonds is 5. The summed E-state index contributed by atoms with van der Waals surface area (Å²) in [6.07, 6.45) is -4.40. The molecule has 0 amide bonds. The van der Waals surface area contributed by atoms with E-state index in [-0.39, 0.29) is 5.52 Å². The van der Waals surface area contributed by atoms with Gasteiger partial charge in [0.1, 0.15) is 0 Å². The van der Waals surface area contributed by atoms with Crippen molar-refractivity contribution in [2.45, 2.75) is 17.4 Å². The first-order chi connectivity index (χ1) is 9.41. The number of hydrogen-bond donors (Lipinski definition) is 0. The van der Waals surface area contributed by atoms with Gasteiger partial charge in [0.2, 0.25) is 0 Å². The molecule has 2 rings (SSSR count). The highest BCUT2D eigenvalue weighted by atomic mass is 32.2. The summed E-state index contributed by atoms with van der Waals surface area (Å²) in [5.41, 5.74) is -0.522. The second-order valence-electron chi connectivity index (χ2n) is 3.91. The van der Waals surface area contributed by atoms with E-state index in [0.29, 0.717) is 28.0 Å². The predicted octanol–water partition coefficient (Wildman–Crippen LogP) is 3.46. The SMILES string of the molecule is CCOCCS(=O)c1nc2cc(C(F)(F)F)ccc2s1. The molecule has 0 radical (unpaired) electrons. The Labute approximate surface area is 120 Å². The summed E-state index contributed by atoms with van der Waals surface area (Å²) in [6.45, 7) is 2.71. The fraction of sp³-hybridized carbons (Fsp3) is 0.417. The van der Waals surface area contributed by atoms with Crippen LogP contribution in [0.25, 0.3) is 10.2 Å². The van der Waals surface area contributed by atoms with Gasteiger partial charge in [0.05, 0.1) is 38.9 Å². The molecule has 1 aromatic heterocycles. The summed E-state index contributed by atoms with van der Waals surface area (Å²) in [6, 6.07) is 3.35. The van der Waals surface area contributed by atoms with Gasteiger partial charge in [-0.3, -0.25) is 4.21 Å². The summed E-state index contributed by atoms with van der Waals surface area (Å²) < 4.78 is 55.7. The minimum Gasteiger partial charge on any atom is -0.381 e. The van der Waals surface area contributed by atoms with Gasteiger partial charge in [0.15, 0.2) is 4.34 Å². The Bertz CT molecular complexity index is 625. The molecule has 3 nitrogen and oxygen atoms in total. The second-order valence-corrected chi connectivity index (χ2v) is 6.68. The maximum absolute atomic E-state index is 12.6. The molecule has 1 aromatic carbocycles. The highest BCUT2D eigenvalue weighted by Crippen LogP contribution is 2.33. The zero-order valence-electron chi connectivity index (χ0n) is 10.6. The summed E-state index contributed by atoms with van der Waals surface area (Å²) >= 11 is 1.15. The molecular weight excluding hydrogens is 311 g/mol. The monoisotopic (exact) mass is 323 g/mol. The van der Waals surface area contributed by atoms with Gasteiger partial charge < -0.3 is 4.74 Å². The predicted molar refractivity (Wildman–Crippen MR) is 72.4 cm³/mol. The molecule has 0 fully saturated rings. The highest BCUT2D eigenvalue weighted by Gasteiger charge is 2.30. The molecule has 8 heteroatoms. The average Bonchev–Trinajstić information content (AvgIpc) is 2.80. The molecule has 110 valence electrons.